The van der Waals surface area contributed by atoms with Gasteiger partial charge in [-0.1, -0.05) is 25.0 Å². The normalized spacial score (nSPS) is 22.3. The van der Waals surface area contributed by atoms with Gasteiger partial charge in [0.2, 0.25) is 0 Å². The highest BCUT2D eigenvalue weighted by atomic mass is 16.5. The number of hydrogen-bond donors (Lipinski definition) is 1. The Kier molecular flexibility index (Phi) is 4.81. The van der Waals surface area contributed by atoms with E-state index in [1.807, 2.05) is 6.07 Å². The van der Waals surface area contributed by atoms with Gasteiger partial charge in [0, 0.05) is 18.6 Å². The van der Waals surface area contributed by atoms with E-state index >= 15 is 0 Å². The molecule has 0 atom stereocenters. The summed E-state index contributed by atoms with van der Waals surface area (Å²) in [6, 6.07) is 8.49. The lowest BCUT2D eigenvalue weighted by Crippen LogP contribution is -2.49. The summed E-state index contributed by atoms with van der Waals surface area (Å²) in [5.41, 5.74) is 1.80. The third kappa shape index (κ3) is 3.78. The highest BCUT2D eigenvalue weighted by molar-refractivity contribution is 5.28. The molecule has 1 aromatic rings. The van der Waals surface area contributed by atoms with Crippen LogP contribution in [0.4, 0.5) is 0 Å². The van der Waals surface area contributed by atoms with Crippen LogP contribution in [0.5, 0.6) is 5.75 Å². The van der Waals surface area contributed by atoms with Crippen molar-refractivity contribution in [3.63, 3.8) is 0 Å². The Morgan fingerprint density at radius 2 is 2.10 bits per heavy atom. The van der Waals surface area contributed by atoms with Crippen LogP contribution in [0.25, 0.3) is 0 Å². The zero-order chi connectivity index (χ0) is 14.5. The van der Waals surface area contributed by atoms with Crippen LogP contribution in [0, 0.1) is 0 Å². The van der Waals surface area contributed by atoms with E-state index in [0.29, 0.717) is 5.54 Å². The molecule has 116 valence electrons. The van der Waals surface area contributed by atoms with Crippen LogP contribution in [-0.4, -0.2) is 43.7 Å². The Morgan fingerprint density at radius 1 is 1.24 bits per heavy atom. The van der Waals surface area contributed by atoms with Crippen molar-refractivity contribution in [3.8, 4) is 5.75 Å². The van der Waals surface area contributed by atoms with Gasteiger partial charge in [0.05, 0.1) is 7.11 Å². The van der Waals surface area contributed by atoms with Gasteiger partial charge in [0.15, 0.2) is 0 Å². The minimum absolute atomic E-state index is 0.422. The maximum absolute atomic E-state index is 5.32. The van der Waals surface area contributed by atoms with Gasteiger partial charge in [0.1, 0.15) is 5.75 Å². The van der Waals surface area contributed by atoms with Crippen molar-refractivity contribution in [2.75, 3.05) is 33.3 Å². The van der Waals surface area contributed by atoms with E-state index in [1.54, 1.807) is 7.11 Å². The summed E-state index contributed by atoms with van der Waals surface area (Å²) in [6.07, 6.45) is 7.92. The second kappa shape index (κ2) is 6.80. The molecule has 3 heteroatoms. The van der Waals surface area contributed by atoms with Crippen molar-refractivity contribution >= 4 is 0 Å². The van der Waals surface area contributed by atoms with Gasteiger partial charge >= 0.3 is 0 Å². The monoisotopic (exact) mass is 288 g/mol. The summed E-state index contributed by atoms with van der Waals surface area (Å²) < 4.78 is 5.32. The lowest BCUT2D eigenvalue weighted by Gasteiger charge is -2.33. The summed E-state index contributed by atoms with van der Waals surface area (Å²) in [6.45, 7) is 4.82. The third-order valence-electron chi connectivity index (χ3n) is 5.09. The predicted molar refractivity (Wildman–Crippen MR) is 87.0 cm³/mol. The van der Waals surface area contributed by atoms with Crippen molar-refractivity contribution in [2.24, 2.45) is 0 Å². The number of ether oxygens (including phenoxy) is 1. The second-order valence-corrected chi connectivity index (χ2v) is 6.65. The van der Waals surface area contributed by atoms with Crippen molar-refractivity contribution in [1.82, 2.24) is 10.2 Å². The number of nitrogens with one attached hydrogen (secondary N) is 1. The van der Waals surface area contributed by atoms with Gasteiger partial charge in [-0.05, 0) is 56.5 Å². The molecule has 21 heavy (non-hydrogen) atoms. The molecule has 0 bridgehead atoms. The molecule has 0 unspecified atom stereocenters. The molecule has 2 fully saturated rings. The molecule has 1 aliphatic heterocycles. The minimum atomic E-state index is 0.422. The van der Waals surface area contributed by atoms with Gasteiger partial charge in [-0.15, -0.1) is 0 Å². The molecular weight excluding hydrogens is 260 g/mol. The van der Waals surface area contributed by atoms with Gasteiger partial charge in [-0.3, -0.25) is 0 Å². The zero-order valence-corrected chi connectivity index (χ0v) is 13.2. The Labute approximate surface area is 128 Å². The van der Waals surface area contributed by atoms with Crippen LogP contribution in [-0.2, 0) is 6.42 Å². The molecule has 3 nitrogen and oxygen atoms in total. The largest absolute Gasteiger partial charge is 0.497 e. The average molecular weight is 288 g/mol. The molecule has 1 N–H and O–H groups in total. The standard InChI is InChI=1S/C18H28N2O/c1-21-17-7-4-6-16(14-17)8-13-20-12-5-11-19-18(15-20)9-2-3-10-18/h4,6-7,14,19H,2-3,5,8-13,15H2,1H3. The molecule has 1 saturated heterocycles. The molecule has 1 aliphatic carbocycles. The van der Waals surface area contributed by atoms with E-state index in [1.165, 1.54) is 57.3 Å². The van der Waals surface area contributed by atoms with E-state index in [2.05, 4.69) is 28.4 Å². The van der Waals surface area contributed by atoms with Crippen molar-refractivity contribution in [2.45, 2.75) is 44.1 Å². The Morgan fingerprint density at radius 3 is 2.90 bits per heavy atom. The molecule has 1 saturated carbocycles. The van der Waals surface area contributed by atoms with Crippen LogP contribution in [0.1, 0.15) is 37.7 Å². The minimum Gasteiger partial charge on any atom is -0.497 e. The average Bonchev–Trinajstić information content (AvgIpc) is 2.87. The number of methoxy groups -OCH3 is 1. The summed E-state index contributed by atoms with van der Waals surface area (Å²) in [5, 5.41) is 3.84. The van der Waals surface area contributed by atoms with Crippen molar-refractivity contribution in [3.05, 3.63) is 29.8 Å². The molecule has 3 rings (SSSR count). The fourth-order valence-corrected chi connectivity index (χ4v) is 3.91. The first kappa shape index (κ1) is 14.9. The van der Waals surface area contributed by atoms with E-state index in [-0.39, 0.29) is 0 Å². The molecule has 0 radical (unpaired) electrons. The van der Waals surface area contributed by atoms with Gasteiger partial charge in [-0.25, -0.2) is 0 Å². The quantitative estimate of drug-likeness (QED) is 0.922. The highest BCUT2D eigenvalue weighted by Crippen LogP contribution is 2.31. The lowest BCUT2D eigenvalue weighted by molar-refractivity contribution is 0.212. The highest BCUT2D eigenvalue weighted by Gasteiger charge is 2.36. The van der Waals surface area contributed by atoms with E-state index in [9.17, 15) is 0 Å². The maximum Gasteiger partial charge on any atom is 0.119 e. The second-order valence-electron chi connectivity index (χ2n) is 6.65. The fraction of sp³-hybridized carbons (Fsp3) is 0.667. The molecule has 0 amide bonds. The molecule has 2 aliphatic rings. The van der Waals surface area contributed by atoms with E-state index < -0.39 is 0 Å². The number of nitrogens with zero attached hydrogens (tertiary/aromatic N) is 1. The van der Waals surface area contributed by atoms with Gasteiger partial charge < -0.3 is 15.0 Å². The topological polar surface area (TPSA) is 24.5 Å². The van der Waals surface area contributed by atoms with Crippen LogP contribution in [0.15, 0.2) is 24.3 Å². The van der Waals surface area contributed by atoms with Crippen LogP contribution < -0.4 is 10.1 Å². The van der Waals surface area contributed by atoms with Crippen LogP contribution >= 0.6 is 0 Å². The predicted octanol–water partition coefficient (Wildman–Crippen LogP) is 2.85. The van der Waals surface area contributed by atoms with Gasteiger partial charge in [0.25, 0.3) is 0 Å². The van der Waals surface area contributed by atoms with Crippen LogP contribution in [0.3, 0.4) is 0 Å². The number of rotatable bonds is 4. The van der Waals surface area contributed by atoms with Crippen molar-refractivity contribution in [1.29, 1.82) is 0 Å². The maximum atomic E-state index is 5.32. The van der Waals surface area contributed by atoms with E-state index in [0.717, 1.165) is 18.7 Å². The first-order valence-corrected chi connectivity index (χ1v) is 8.40. The zero-order valence-electron chi connectivity index (χ0n) is 13.2. The fourth-order valence-electron chi connectivity index (χ4n) is 3.91. The SMILES string of the molecule is COc1cccc(CCN2CCCNC3(CCCC3)C2)c1. The number of hydrogen-bond acceptors (Lipinski definition) is 3. The van der Waals surface area contributed by atoms with Gasteiger partial charge in [-0.2, -0.15) is 0 Å². The number of benzene rings is 1. The van der Waals surface area contributed by atoms with Crippen molar-refractivity contribution < 1.29 is 4.74 Å². The summed E-state index contributed by atoms with van der Waals surface area (Å²) >= 11 is 0. The van der Waals surface area contributed by atoms with E-state index in [4.69, 9.17) is 4.74 Å². The summed E-state index contributed by atoms with van der Waals surface area (Å²) in [7, 11) is 1.74. The first-order chi connectivity index (χ1) is 10.3. The molecular formula is C18H28N2O. The molecule has 1 heterocycles. The Bertz CT molecular complexity index is 454. The molecule has 0 aromatic heterocycles. The summed E-state index contributed by atoms with van der Waals surface area (Å²) in [5.74, 6) is 0.970. The Hall–Kier alpha value is -1.06. The summed E-state index contributed by atoms with van der Waals surface area (Å²) in [4.78, 5) is 2.67. The lowest BCUT2D eigenvalue weighted by atomic mass is 9.97. The molecule has 1 spiro atoms. The van der Waals surface area contributed by atoms with Crippen LogP contribution in [0.2, 0.25) is 0 Å². The third-order valence-corrected chi connectivity index (χ3v) is 5.09. The molecule has 1 aromatic carbocycles. The smallest absolute Gasteiger partial charge is 0.119 e. The Balaban J connectivity index is 1.58. The first-order valence-electron chi connectivity index (χ1n) is 8.40.